The highest BCUT2D eigenvalue weighted by Crippen LogP contribution is 2.40. The highest BCUT2D eigenvalue weighted by Gasteiger charge is 2.35. The molecule has 0 radical (unpaired) electrons. The molecule has 2 aliphatic rings. The zero-order chi connectivity index (χ0) is 57.9. The van der Waals surface area contributed by atoms with Crippen molar-refractivity contribution in [2.75, 3.05) is 23.1 Å². The molecule has 5 N–H and O–H groups in total. The predicted molar refractivity (Wildman–Crippen MR) is 317 cm³/mol. The Morgan fingerprint density at radius 3 is 1.45 bits per heavy atom. The second-order valence-electron chi connectivity index (χ2n) is 16.2. The van der Waals surface area contributed by atoms with Crippen LogP contribution in [0.2, 0.25) is 0 Å². The molecule has 0 saturated heterocycles. The van der Waals surface area contributed by atoms with E-state index in [-0.39, 0.29) is 80.6 Å². The van der Waals surface area contributed by atoms with E-state index in [1.165, 1.54) is 72.2 Å². The highest BCUT2D eigenvalue weighted by molar-refractivity contribution is 9.69. The zero-order valence-corrected chi connectivity index (χ0v) is 50.4. The molecule has 2 aromatic heterocycles. The maximum absolute atomic E-state index is 13.3. The van der Waals surface area contributed by atoms with E-state index in [1.54, 1.807) is 79.1 Å². The topological polar surface area (TPSA) is 287 Å². The summed E-state index contributed by atoms with van der Waals surface area (Å²) in [4.78, 5) is 60.8. The largest absolute Gasteiger partial charge is 0.507 e. The molecule has 2 aliphatic heterocycles. The van der Waals surface area contributed by atoms with Crippen molar-refractivity contribution in [2.24, 2.45) is 0 Å². The summed E-state index contributed by atoms with van der Waals surface area (Å²) in [7, 11) is -6.83. The van der Waals surface area contributed by atoms with Crippen molar-refractivity contribution >= 4 is 151 Å². The van der Waals surface area contributed by atoms with Crippen molar-refractivity contribution in [2.45, 2.75) is 32.7 Å². The van der Waals surface area contributed by atoms with E-state index in [1.807, 2.05) is 0 Å². The van der Waals surface area contributed by atoms with Gasteiger partial charge < -0.3 is 31.1 Å². The molecule has 28 heteroatoms. The average molecular weight is 1380 g/mol. The summed E-state index contributed by atoms with van der Waals surface area (Å²) >= 11 is 21.6. The number of phenols is 1. The molecule has 4 heterocycles. The fraction of sp³-hybridized carbons (Fsp3) is 0.0769. The smallest absolute Gasteiger partial charge is 0.369 e. The minimum Gasteiger partial charge on any atom is -0.507 e. The van der Waals surface area contributed by atoms with Crippen LogP contribution < -0.4 is 26.0 Å². The normalized spacial score (nSPS) is 12.8. The van der Waals surface area contributed by atoms with Crippen LogP contribution in [0.1, 0.15) is 62.3 Å². The molecule has 0 aliphatic carbocycles. The van der Waals surface area contributed by atoms with E-state index >= 15 is 0 Å². The van der Waals surface area contributed by atoms with Crippen molar-refractivity contribution in [3.05, 3.63) is 177 Å². The van der Waals surface area contributed by atoms with Crippen molar-refractivity contribution < 1.29 is 45.9 Å². The number of aromatic nitrogens is 2. The standard InChI is InChI=1S/C26H18N4O5S2.C25H16N4O5S2.CH2Cl2.BBr3/c1-35-21-11-23-20(30-25(32)18-4-2-3-5-22(18)37(23,33)34)10-19(21)24(31)28-13-17-14-29-26(36-17)16-8-6-15(12-27)7-9-16;26-11-14-5-7-15(8-6-14)25-28-13-16(35-25)12-27-23(31)18-9-19-22(10-20(18)30)36(33,34)21-4-2-1-3-17(21)24(32)29-19;2-1-3;2-1(3)4/h2-11,14H,13H2,1H3,(H,28,31)(H,30,32);1-10,13,30H,12H2,(H,27,31)(H,29,32);1H2;. The number of anilines is 2. The van der Waals surface area contributed by atoms with Gasteiger partial charge in [-0.15, -0.1) is 93.1 Å². The molecule has 8 aromatic rings. The number of thiazole rings is 2. The maximum atomic E-state index is 13.3. The van der Waals surface area contributed by atoms with Gasteiger partial charge in [-0.25, -0.2) is 26.8 Å². The predicted octanol–water partition coefficient (Wildman–Crippen LogP) is 11.3. The van der Waals surface area contributed by atoms with Crippen LogP contribution in [0.25, 0.3) is 21.1 Å². The van der Waals surface area contributed by atoms with Crippen molar-refractivity contribution in [1.29, 1.82) is 10.5 Å². The number of nitriles is 2. The van der Waals surface area contributed by atoms with Crippen LogP contribution in [0, 0.1) is 22.7 Å². The van der Waals surface area contributed by atoms with Crippen LogP contribution in [0.3, 0.4) is 0 Å². The molecule has 4 amide bonds. The SMILES string of the molecule is BrB(Br)Br.COc1cc2c(cc1C(=O)NCc1cnc(-c3ccc(C#N)cc3)s1)NC(=O)c1ccccc1S2(=O)=O.ClCCl.N#Cc1ccc(-c2ncc(CNC(=O)c3cc4c(cc3O)S(=O)(=O)c3ccccc3C(=O)N4)s2)cc1. The Morgan fingerprint density at radius 1 is 0.650 bits per heavy atom. The number of benzene rings is 6. The quantitative estimate of drug-likeness (QED) is 0.0510. The first kappa shape index (κ1) is 60.7. The molecule has 406 valence electrons. The summed E-state index contributed by atoms with van der Waals surface area (Å²) in [6.07, 6.45) is 3.26. The van der Waals surface area contributed by atoms with E-state index in [4.69, 9.17) is 38.5 Å². The Labute approximate surface area is 501 Å². The Kier molecular flexibility index (Phi) is 20.5. The van der Waals surface area contributed by atoms with Gasteiger partial charge in [0.2, 0.25) is 19.7 Å². The van der Waals surface area contributed by atoms with E-state index in [9.17, 15) is 41.1 Å². The Hall–Kier alpha value is -6.98. The lowest BCUT2D eigenvalue weighted by molar-refractivity contribution is 0.0940. The Morgan fingerprint density at radius 2 is 1.04 bits per heavy atom. The Bertz CT molecular complexity index is 4010. The van der Waals surface area contributed by atoms with E-state index < -0.39 is 49.1 Å². The number of rotatable bonds is 9. The van der Waals surface area contributed by atoms with Crippen LogP contribution in [-0.2, 0) is 32.8 Å². The second-order valence-corrected chi connectivity index (χ2v) is 29.4. The zero-order valence-electron chi connectivity index (χ0n) is 40.8. The first-order valence-corrected chi connectivity index (χ1v) is 31.1. The minimum absolute atomic E-state index is 0.00644. The Balaban J connectivity index is 0.000000207. The molecule has 0 bridgehead atoms. The number of hydrogen-bond donors (Lipinski definition) is 5. The monoisotopic (exact) mass is 1380 g/mol. The number of alkyl halides is 2. The van der Waals surface area contributed by atoms with Gasteiger partial charge in [-0.3, -0.25) is 19.2 Å². The van der Waals surface area contributed by atoms with Crippen LogP contribution in [0.5, 0.6) is 11.5 Å². The lowest BCUT2D eigenvalue weighted by atomic mass is 10.1. The lowest BCUT2D eigenvalue weighted by Crippen LogP contribution is -2.23. The number of methoxy groups -OCH3 is 1. The van der Waals surface area contributed by atoms with Gasteiger partial charge in [0.25, 0.3) is 23.6 Å². The van der Waals surface area contributed by atoms with Gasteiger partial charge in [0.1, 0.15) is 21.5 Å². The number of ether oxygens (including phenoxy) is 1. The molecule has 0 spiro atoms. The lowest BCUT2D eigenvalue weighted by Gasteiger charge is -2.14. The van der Waals surface area contributed by atoms with Gasteiger partial charge in [-0.05, 0) is 60.7 Å². The van der Waals surface area contributed by atoms with Crippen LogP contribution in [-0.4, -0.2) is 71.2 Å². The number of carbonyl (C=O) groups excluding carboxylic acids is 4. The molecule has 0 atom stereocenters. The molecule has 0 fully saturated rings. The van der Waals surface area contributed by atoms with Crippen LogP contribution in [0.15, 0.2) is 153 Å². The maximum Gasteiger partial charge on any atom is 0.369 e. The number of nitrogens with one attached hydrogen (secondary N) is 4. The molecular weight excluding hydrogens is 1350 g/mol. The van der Waals surface area contributed by atoms with Crippen molar-refractivity contribution in [3.8, 4) is 44.8 Å². The number of amides is 4. The van der Waals surface area contributed by atoms with Crippen LogP contribution >= 0.6 is 93.1 Å². The second kappa shape index (κ2) is 27.0. The number of nitrogens with zero attached hydrogens (tertiary/aromatic N) is 4. The summed E-state index contributed by atoms with van der Waals surface area (Å²) in [5, 5.41) is 40.6. The number of fused-ring (bicyclic) bond motifs is 4. The number of aromatic hydroxyl groups is 1. The fourth-order valence-electron chi connectivity index (χ4n) is 7.64. The van der Waals surface area contributed by atoms with Gasteiger partial charge in [0.05, 0.1) is 102 Å². The first-order chi connectivity index (χ1) is 38.2. The van der Waals surface area contributed by atoms with E-state index in [2.05, 4.69) is 90.6 Å². The van der Waals surface area contributed by atoms with Gasteiger partial charge in [-0.2, -0.15) is 10.5 Å². The van der Waals surface area contributed by atoms with Gasteiger partial charge in [0.15, 0.2) is 0 Å². The summed E-state index contributed by atoms with van der Waals surface area (Å²) < 4.78 is 58.5. The first-order valence-electron chi connectivity index (χ1n) is 22.7. The highest BCUT2D eigenvalue weighted by atomic mass is 79.9. The minimum atomic E-state index is -4.12. The van der Waals surface area contributed by atoms with E-state index in [0.29, 0.717) is 16.1 Å². The number of hydrogen-bond acceptors (Lipinski definition) is 16. The summed E-state index contributed by atoms with van der Waals surface area (Å²) in [6.45, 7) is 0.280. The number of halogens is 5. The third-order valence-corrected chi connectivity index (χ3v) is 17.1. The molecule has 80 heavy (non-hydrogen) atoms. The third kappa shape index (κ3) is 14.1. The number of sulfone groups is 2. The van der Waals surface area contributed by atoms with Crippen molar-refractivity contribution in [1.82, 2.24) is 20.6 Å². The average Bonchev–Trinajstić information content (AvgIpc) is 4.12. The van der Waals surface area contributed by atoms with Gasteiger partial charge in [-0.1, -0.05) is 48.5 Å². The number of phenolic OH excluding ortho intramolecular Hbond substituents is 1. The molecule has 10 rings (SSSR count). The third-order valence-electron chi connectivity index (χ3n) is 11.3. The fourth-order valence-corrected chi connectivity index (χ4v) is 12.6. The van der Waals surface area contributed by atoms with Gasteiger partial charge in [0, 0.05) is 45.4 Å². The summed E-state index contributed by atoms with van der Waals surface area (Å²) in [6, 6.07) is 34.5. The van der Waals surface area contributed by atoms with Crippen molar-refractivity contribution in [3.63, 3.8) is 0 Å². The van der Waals surface area contributed by atoms with Gasteiger partial charge >= 0.3 is 3.18 Å². The molecular formula is C52H36BBr3Cl2N8O10S4. The molecule has 0 saturated carbocycles. The molecule has 18 nitrogen and oxygen atoms in total. The summed E-state index contributed by atoms with van der Waals surface area (Å²) in [5.74, 6) is -2.88. The molecule has 0 unspecified atom stereocenters. The van der Waals surface area contributed by atoms with Crippen LogP contribution in [0.4, 0.5) is 11.4 Å². The summed E-state index contributed by atoms with van der Waals surface area (Å²) in [5.41, 5.74) is 2.55. The van der Waals surface area contributed by atoms with E-state index in [0.717, 1.165) is 38.0 Å². The molecule has 6 aromatic carbocycles. The number of carbonyl (C=O) groups is 4.